The Bertz CT molecular complexity index is 245. The zero-order valence-corrected chi connectivity index (χ0v) is 8.75. The maximum atomic E-state index is 2.25. The van der Waals surface area contributed by atoms with Crippen LogP contribution < -0.4 is 0 Å². The smallest absolute Gasteiger partial charge is 0.0226 e. The van der Waals surface area contributed by atoms with Gasteiger partial charge >= 0.3 is 0 Å². The number of thioether (sulfide) groups is 2. The van der Waals surface area contributed by atoms with E-state index in [0.29, 0.717) is 0 Å². The van der Waals surface area contributed by atoms with Gasteiger partial charge in [0.1, 0.15) is 0 Å². The Morgan fingerprint density at radius 3 is 3.08 bits per heavy atom. The molecule has 0 saturated carbocycles. The zero-order chi connectivity index (χ0) is 8.39. The Balaban J connectivity index is 2.11. The molecule has 1 aromatic carbocycles. The van der Waals surface area contributed by atoms with E-state index in [9.17, 15) is 0 Å². The summed E-state index contributed by atoms with van der Waals surface area (Å²) in [6.45, 7) is 0. The van der Waals surface area contributed by atoms with Crippen LogP contribution in [0.15, 0.2) is 29.2 Å². The van der Waals surface area contributed by atoms with Crippen molar-refractivity contribution in [1.29, 1.82) is 0 Å². The second kappa shape index (κ2) is 3.75. The first kappa shape index (κ1) is 8.52. The summed E-state index contributed by atoms with van der Waals surface area (Å²) in [7, 11) is 0. The minimum atomic E-state index is 0.817. The number of benzene rings is 1. The molecule has 1 aliphatic heterocycles. The number of rotatable bonds is 2. The molecule has 2 rings (SSSR count). The lowest BCUT2D eigenvalue weighted by Crippen LogP contribution is -2.03. The molecular weight excluding hydrogens is 184 g/mol. The summed E-state index contributed by atoms with van der Waals surface area (Å²) < 4.78 is 0. The summed E-state index contributed by atoms with van der Waals surface area (Å²) in [5, 5.41) is 0.817. The van der Waals surface area contributed by atoms with Gasteiger partial charge in [-0.1, -0.05) is 18.2 Å². The molecule has 1 aromatic rings. The van der Waals surface area contributed by atoms with Crippen molar-refractivity contribution in [3.8, 4) is 0 Å². The lowest BCUT2D eigenvalue weighted by atomic mass is 10.1. The van der Waals surface area contributed by atoms with Crippen LogP contribution in [0.1, 0.15) is 5.56 Å². The first-order chi connectivity index (χ1) is 5.90. The minimum Gasteiger partial charge on any atom is -0.164 e. The third-order valence-corrected chi connectivity index (χ3v) is 4.33. The highest BCUT2D eigenvalue weighted by Gasteiger charge is 2.20. The molecule has 0 fully saturated rings. The van der Waals surface area contributed by atoms with E-state index in [1.165, 1.54) is 17.1 Å². The van der Waals surface area contributed by atoms with Crippen LogP contribution in [-0.4, -0.2) is 17.3 Å². The first-order valence-electron chi connectivity index (χ1n) is 4.13. The molecule has 1 heterocycles. The molecule has 0 aromatic heterocycles. The highest BCUT2D eigenvalue weighted by molar-refractivity contribution is 8.03. The van der Waals surface area contributed by atoms with Gasteiger partial charge in [-0.3, -0.25) is 0 Å². The van der Waals surface area contributed by atoms with Gasteiger partial charge in [-0.2, -0.15) is 11.8 Å². The lowest BCUT2D eigenvalue weighted by Gasteiger charge is -2.03. The molecule has 1 aliphatic rings. The molecule has 12 heavy (non-hydrogen) atoms. The highest BCUT2D eigenvalue weighted by Crippen LogP contribution is 2.37. The molecule has 2 heteroatoms. The van der Waals surface area contributed by atoms with E-state index < -0.39 is 0 Å². The average Bonchev–Trinajstić information content (AvgIpc) is 2.47. The molecule has 64 valence electrons. The van der Waals surface area contributed by atoms with Crippen LogP contribution in [0.4, 0.5) is 0 Å². The fourth-order valence-corrected chi connectivity index (χ4v) is 3.78. The van der Waals surface area contributed by atoms with Gasteiger partial charge in [0.25, 0.3) is 0 Å². The molecule has 0 amide bonds. The van der Waals surface area contributed by atoms with Gasteiger partial charge in [0.05, 0.1) is 0 Å². The van der Waals surface area contributed by atoms with Crippen molar-refractivity contribution in [3.63, 3.8) is 0 Å². The number of fused-ring (bicyclic) bond motifs is 1. The van der Waals surface area contributed by atoms with Gasteiger partial charge in [-0.15, -0.1) is 11.8 Å². The van der Waals surface area contributed by atoms with Crippen molar-refractivity contribution in [1.82, 2.24) is 0 Å². The van der Waals surface area contributed by atoms with Gasteiger partial charge in [0.15, 0.2) is 0 Å². The van der Waals surface area contributed by atoms with Gasteiger partial charge in [0.2, 0.25) is 0 Å². The fraction of sp³-hybridized carbons (Fsp3) is 0.400. The third kappa shape index (κ3) is 1.64. The van der Waals surface area contributed by atoms with E-state index >= 15 is 0 Å². The zero-order valence-electron chi connectivity index (χ0n) is 7.12. The first-order valence-corrected chi connectivity index (χ1v) is 6.41. The van der Waals surface area contributed by atoms with E-state index in [0.717, 1.165) is 5.25 Å². The quantitative estimate of drug-likeness (QED) is 0.713. The minimum absolute atomic E-state index is 0.817. The van der Waals surface area contributed by atoms with Crippen LogP contribution in [-0.2, 0) is 6.42 Å². The number of hydrogen-bond donors (Lipinski definition) is 0. The third-order valence-electron chi connectivity index (χ3n) is 2.07. The molecule has 0 bridgehead atoms. The SMILES string of the molecule is CSCC1Cc2ccccc2S1. The topological polar surface area (TPSA) is 0 Å². The summed E-state index contributed by atoms with van der Waals surface area (Å²) in [6, 6.07) is 8.76. The van der Waals surface area contributed by atoms with E-state index in [4.69, 9.17) is 0 Å². The van der Waals surface area contributed by atoms with Crippen LogP contribution in [0.25, 0.3) is 0 Å². The normalized spacial score (nSPS) is 20.9. The Labute approximate surface area is 82.1 Å². The van der Waals surface area contributed by atoms with E-state index in [1.807, 2.05) is 23.5 Å². The van der Waals surface area contributed by atoms with Gasteiger partial charge in [-0.05, 0) is 24.3 Å². The summed E-state index contributed by atoms with van der Waals surface area (Å²) in [5.74, 6) is 1.28. The standard InChI is InChI=1S/C10H12S2/c1-11-7-9-6-8-4-2-3-5-10(8)12-9/h2-5,9H,6-7H2,1H3. The van der Waals surface area contributed by atoms with Crippen molar-refractivity contribution >= 4 is 23.5 Å². The molecule has 0 nitrogen and oxygen atoms in total. The fourth-order valence-electron chi connectivity index (χ4n) is 1.53. The monoisotopic (exact) mass is 196 g/mol. The molecule has 0 radical (unpaired) electrons. The summed E-state index contributed by atoms with van der Waals surface area (Å²) >= 11 is 3.99. The van der Waals surface area contributed by atoms with Gasteiger partial charge in [0, 0.05) is 15.9 Å². The second-order valence-electron chi connectivity index (χ2n) is 3.01. The molecule has 0 aliphatic carbocycles. The molecule has 0 spiro atoms. The Hall–Kier alpha value is -0.0800. The van der Waals surface area contributed by atoms with Crippen LogP contribution in [0.5, 0.6) is 0 Å². The average molecular weight is 196 g/mol. The maximum absolute atomic E-state index is 2.25. The van der Waals surface area contributed by atoms with E-state index in [-0.39, 0.29) is 0 Å². The van der Waals surface area contributed by atoms with Crippen LogP contribution in [0, 0.1) is 0 Å². The second-order valence-corrected chi connectivity index (χ2v) is 5.26. The predicted molar refractivity (Wildman–Crippen MR) is 58.2 cm³/mol. The van der Waals surface area contributed by atoms with Crippen LogP contribution in [0.3, 0.4) is 0 Å². The molecule has 1 unspecified atom stereocenters. The van der Waals surface area contributed by atoms with E-state index in [2.05, 4.69) is 30.5 Å². The summed E-state index contributed by atoms with van der Waals surface area (Å²) in [4.78, 5) is 1.50. The van der Waals surface area contributed by atoms with E-state index in [1.54, 1.807) is 5.56 Å². The Kier molecular flexibility index (Phi) is 2.66. The molecular formula is C10H12S2. The van der Waals surface area contributed by atoms with Gasteiger partial charge < -0.3 is 0 Å². The largest absolute Gasteiger partial charge is 0.164 e. The number of hydrogen-bond acceptors (Lipinski definition) is 2. The van der Waals surface area contributed by atoms with Crippen molar-refractivity contribution in [3.05, 3.63) is 29.8 Å². The summed E-state index contributed by atoms with van der Waals surface area (Å²) in [6.07, 6.45) is 3.45. The van der Waals surface area contributed by atoms with Crippen molar-refractivity contribution in [2.24, 2.45) is 0 Å². The van der Waals surface area contributed by atoms with Crippen molar-refractivity contribution in [2.75, 3.05) is 12.0 Å². The van der Waals surface area contributed by atoms with Crippen LogP contribution in [0.2, 0.25) is 0 Å². The Morgan fingerprint density at radius 1 is 1.50 bits per heavy atom. The molecule has 0 saturated heterocycles. The Morgan fingerprint density at radius 2 is 2.33 bits per heavy atom. The van der Waals surface area contributed by atoms with Gasteiger partial charge in [-0.25, -0.2) is 0 Å². The van der Waals surface area contributed by atoms with Crippen LogP contribution >= 0.6 is 23.5 Å². The molecule has 0 N–H and O–H groups in total. The van der Waals surface area contributed by atoms with Crippen molar-refractivity contribution < 1.29 is 0 Å². The summed E-state index contributed by atoms with van der Waals surface area (Å²) in [5.41, 5.74) is 1.54. The van der Waals surface area contributed by atoms with Crippen molar-refractivity contribution in [2.45, 2.75) is 16.6 Å². The lowest BCUT2D eigenvalue weighted by molar-refractivity contribution is 0.972. The maximum Gasteiger partial charge on any atom is 0.0226 e. The highest BCUT2D eigenvalue weighted by atomic mass is 32.2. The predicted octanol–water partition coefficient (Wildman–Crippen LogP) is 3.07. The molecule has 1 atom stereocenters.